The lowest BCUT2D eigenvalue weighted by Crippen LogP contribution is -2.20. The Balaban J connectivity index is 2.29. The SMILES string of the molecule is O=C(O)c1cccc2c1CN(CCO)C2. The van der Waals surface area contributed by atoms with Gasteiger partial charge in [0.05, 0.1) is 12.2 Å². The van der Waals surface area contributed by atoms with Gasteiger partial charge in [-0.2, -0.15) is 0 Å². The van der Waals surface area contributed by atoms with E-state index in [9.17, 15) is 4.79 Å². The third kappa shape index (κ3) is 1.86. The van der Waals surface area contributed by atoms with Crippen LogP contribution in [-0.2, 0) is 13.1 Å². The highest BCUT2D eigenvalue weighted by Crippen LogP contribution is 2.25. The molecule has 1 heterocycles. The molecule has 1 aliphatic heterocycles. The summed E-state index contributed by atoms with van der Waals surface area (Å²) < 4.78 is 0. The average Bonchev–Trinajstić information content (AvgIpc) is 2.59. The number of aromatic carboxylic acids is 1. The maximum absolute atomic E-state index is 11.0. The second-order valence-corrected chi connectivity index (χ2v) is 3.68. The van der Waals surface area contributed by atoms with E-state index in [1.54, 1.807) is 12.1 Å². The van der Waals surface area contributed by atoms with Crippen LogP contribution in [0.15, 0.2) is 18.2 Å². The number of carboxylic acid groups (broad SMARTS) is 1. The van der Waals surface area contributed by atoms with E-state index < -0.39 is 5.97 Å². The van der Waals surface area contributed by atoms with Gasteiger partial charge in [-0.1, -0.05) is 12.1 Å². The Kier molecular flexibility index (Phi) is 2.70. The number of carboxylic acids is 1. The second kappa shape index (κ2) is 4.00. The Morgan fingerprint density at radius 2 is 2.20 bits per heavy atom. The maximum Gasteiger partial charge on any atom is 0.336 e. The van der Waals surface area contributed by atoms with E-state index in [2.05, 4.69) is 0 Å². The molecule has 15 heavy (non-hydrogen) atoms. The third-order valence-electron chi connectivity index (χ3n) is 2.70. The van der Waals surface area contributed by atoms with Gasteiger partial charge in [0, 0.05) is 19.6 Å². The van der Waals surface area contributed by atoms with Crippen molar-refractivity contribution in [3.05, 3.63) is 34.9 Å². The number of carbonyl (C=O) groups is 1. The molecule has 0 bridgehead atoms. The van der Waals surface area contributed by atoms with E-state index in [4.69, 9.17) is 10.2 Å². The molecule has 0 spiro atoms. The lowest BCUT2D eigenvalue weighted by Gasteiger charge is -2.11. The zero-order valence-electron chi connectivity index (χ0n) is 8.31. The van der Waals surface area contributed by atoms with Crippen molar-refractivity contribution >= 4 is 5.97 Å². The summed E-state index contributed by atoms with van der Waals surface area (Å²) in [6.45, 7) is 2.06. The summed E-state index contributed by atoms with van der Waals surface area (Å²) in [4.78, 5) is 13.0. The van der Waals surface area contributed by atoms with E-state index in [-0.39, 0.29) is 6.61 Å². The first kappa shape index (κ1) is 10.1. The largest absolute Gasteiger partial charge is 0.478 e. The van der Waals surface area contributed by atoms with Gasteiger partial charge < -0.3 is 10.2 Å². The molecule has 0 saturated heterocycles. The monoisotopic (exact) mass is 207 g/mol. The summed E-state index contributed by atoms with van der Waals surface area (Å²) in [7, 11) is 0. The number of hydrogen-bond acceptors (Lipinski definition) is 3. The first-order valence-electron chi connectivity index (χ1n) is 4.89. The number of β-amino-alcohol motifs (C(OH)–C–C–N with tert-alkyl or cyclic N) is 1. The highest BCUT2D eigenvalue weighted by Gasteiger charge is 2.23. The molecule has 1 aromatic rings. The Hall–Kier alpha value is -1.39. The molecule has 2 N–H and O–H groups in total. The Bertz CT molecular complexity index is 389. The van der Waals surface area contributed by atoms with Crippen LogP contribution in [0.2, 0.25) is 0 Å². The maximum atomic E-state index is 11.0. The van der Waals surface area contributed by atoms with Gasteiger partial charge in [-0.25, -0.2) is 4.79 Å². The fourth-order valence-corrected chi connectivity index (χ4v) is 1.99. The molecule has 4 nitrogen and oxygen atoms in total. The molecule has 0 saturated carbocycles. The minimum atomic E-state index is -0.877. The molecule has 80 valence electrons. The zero-order chi connectivity index (χ0) is 10.8. The predicted molar refractivity (Wildman–Crippen MR) is 54.6 cm³/mol. The Morgan fingerprint density at radius 3 is 2.87 bits per heavy atom. The van der Waals surface area contributed by atoms with Gasteiger partial charge in [-0.05, 0) is 17.2 Å². The van der Waals surface area contributed by atoms with E-state index in [1.807, 2.05) is 11.0 Å². The first-order valence-corrected chi connectivity index (χ1v) is 4.89. The highest BCUT2D eigenvalue weighted by atomic mass is 16.4. The minimum absolute atomic E-state index is 0.108. The van der Waals surface area contributed by atoms with Crippen LogP contribution in [0, 0.1) is 0 Å². The van der Waals surface area contributed by atoms with E-state index in [0.29, 0.717) is 18.7 Å². The van der Waals surface area contributed by atoms with Crippen molar-refractivity contribution in [1.82, 2.24) is 4.90 Å². The molecule has 2 rings (SSSR count). The lowest BCUT2D eigenvalue weighted by molar-refractivity contribution is 0.0695. The van der Waals surface area contributed by atoms with Gasteiger partial charge in [0.1, 0.15) is 0 Å². The van der Waals surface area contributed by atoms with Crippen molar-refractivity contribution < 1.29 is 15.0 Å². The van der Waals surface area contributed by atoms with Gasteiger partial charge in [0.2, 0.25) is 0 Å². The summed E-state index contributed by atoms with van der Waals surface area (Å²) in [5.74, 6) is -0.877. The molecular weight excluding hydrogens is 194 g/mol. The first-order chi connectivity index (χ1) is 7.22. The molecule has 0 aliphatic carbocycles. The molecule has 0 amide bonds. The fourth-order valence-electron chi connectivity index (χ4n) is 1.99. The molecule has 4 heteroatoms. The molecule has 0 unspecified atom stereocenters. The minimum Gasteiger partial charge on any atom is -0.478 e. The standard InChI is InChI=1S/C11H13NO3/c13-5-4-12-6-8-2-1-3-9(11(14)15)10(8)7-12/h1-3,13H,4-7H2,(H,14,15). The highest BCUT2D eigenvalue weighted by molar-refractivity contribution is 5.90. The predicted octanol–water partition coefficient (Wildman–Crippen LogP) is 0.693. The second-order valence-electron chi connectivity index (χ2n) is 3.68. The van der Waals surface area contributed by atoms with Crippen LogP contribution >= 0.6 is 0 Å². The smallest absolute Gasteiger partial charge is 0.336 e. The number of benzene rings is 1. The van der Waals surface area contributed by atoms with Crippen LogP contribution in [0.3, 0.4) is 0 Å². The van der Waals surface area contributed by atoms with Crippen molar-refractivity contribution in [1.29, 1.82) is 0 Å². The number of nitrogens with zero attached hydrogens (tertiary/aromatic N) is 1. The van der Waals surface area contributed by atoms with E-state index in [0.717, 1.165) is 17.7 Å². The summed E-state index contributed by atoms with van der Waals surface area (Å²) in [5.41, 5.74) is 2.33. The number of fused-ring (bicyclic) bond motifs is 1. The Morgan fingerprint density at radius 1 is 1.40 bits per heavy atom. The van der Waals surface area contributed by atoms with Crippen LogP contribution in [-0.4, -0.2) is 34.2 Å². The number of rotatable bonds is 3. The van der Waals surface area contributed by atoms with Crippen LogP contribution in [0.4, 0.5) is 0 Å². The molecule has 1 aromatic carbocycles. The number of aliphatic hydroxyl groups is 1. The molecule has 0 aromatic heterocycles. The quantitative estimate of drug-likeness (QED) is 0.765. The molecule has 1 aliphatic rings. The van der Waals surface area contributed by atoms with Gasteiger partial charge in [0.15, 0.2) is 0 Å². The van der Waals surface area contributed by atoms with Crippen LogP contribution in [0.25, 0.3) is 0 Å². The summed E-state index contributed by atoms with van der Waals surface area (Å²) >= 11 is 0. The van der Waals surface area contributed by atoms with Crippen LogP contribution < -0.4 is 0 Å². The summed E-state index contributed by atoms with van der Waals surface area (Å²) in [6, 6.07) is 5.34. The molecule has 0 fully saturated rings. The van der Waals surface area contributed by atoms with Gasteiger partial charge in [-0.3, -0.25) is 4.90 Å². The Labute approximate surface area is 87.8 Å². The van der Waals surface area contributed by atoms with Crippen molar-refractivity contribution in [3.63, 3.8) is 0 Å². The average molecular weight is 207 g/mol. The molecule has 0 radical (unpaired) electrons. The van der Waals surface area contributed by atoms with Crippen molar-refractivity contribution in [2.45, 2.75) is 13.1 Å². The fraction of sp³-hybridized carbons (Fsp3) is 0.364. The van der Waals surface area contributed by atoms with Gasteiger partial charge in [-0.15, -0.1) is 0 Å². The van der Waals surface area contributed by atoms with Gasteiger partial charge >= 0.3 is 5.97 Å². The topological polar surface area (TPSA) is 60.8 Å². The van der Waals surface area contributed by atoms with Crippen molar-refractivity contribution in [2.24, 2.45) is 0 Å². The summed E-state index contributed by atoms with van der Waals surface area (Å²) in [6.07, 6.45) is 0. The third-order valence-corrected chi connectivity index (χ3v) is 2.70. The normalized spacial score (nSPS) is 15.3. The van der Waals surface area contributed by atoms with Crippen LogP contribution in [0.1, 0.15) is 21.5 Å². The molecule has 0 atom stereocenters. The van der Waals surface area contributed by atoms with E-state index >= 15 is 0 Å². The number of hydrogen-bond donors (Lipinski definition) is 2. The van der Waals surface area contributed by atoms with Gasteiger partial charge in [0.25, 0.3) is 0 Å². The lowest BCUT2D eigenvalue weighted by atomic mass is 10.0. The summed E-state index contributed by atoms with van der Waals surface area (Å²) in [5, 5.41) is 17.8. The van der Waals surface area contributed by atoms with E-state index in [1.165, 1.54) is 0 Å². The number of aliphatic hydroxyl groups excluding tert-OH is 1. The van der Waals surface area contributed by atoms with Crippen molar-refractivity contribution in [2.75, 3.05) is 13.2 Å². The van der Waals surface area contributed by atoms with Crippen LogP contribution in [0.5, 0.6) is 0 Å². The van der Waals surface area contributed by atoms with Crippen molar-refractivity contribution in [3.8, 4) is 0 Å². The molecular formula is C11H13NO3. The zero-order valence-corrected chi connectivity index (χ0v) is 8.31.